The van der Waals surface area contributed by atoms with Crippen molar-refractivity contribution in [1.82, 2.24) is 16.0 Å². The van der Waals surface area contributed by atoms with Crippen LogP contribution in [0.15, 0.2) is 0 Å². The van der Waals surface area contributed by atoms with Gasteiger partial charge in [0, 0.05) is 25.4 Å². The number of hydrogen-bond donors (Lipinski definition) is 2. The van der Waals surface area contributed by atoms with Gasteiger partial charge < -0.3 is 0 Å². The zero-order valence-electron chi connectivity index (χ0n) is 4.45. The lowest BCUT2D eigenvalue weighted by atomic mass is 11.3. The van der Waals surface area contributed by atoms with E-state index >= 15 is 0 Å². The van der Waals surface area contributed by atoms with Gasteiger partial charge in [-0.15, -0.1) is 0 Å². The lowest BCUT2D eigenvalue weighted by Crippen LogP contribution is -2.40. The molecule has 0 saturated heterocycles. The summed E-state index contributed by atoms with van der Waals surface area (Å²) in [5.41, 5.74) is 5.67. The van der Waals surface area contributed by atoms with E-state index in [1.165, 1.54) is 0 Å². The van der Waals surface area contributed by atoms with Crippen molar-refractivity contribution >= 4 is 0 Å². The van der Waals surface area contributed by atoms with Crippen LogP contribution >= 0.6 is 0 Å². The molecular weight excluding hydrogens is 138 g/mol. The van der Waals surface area contributed by atoms with E-state index in [0.717, 1.165) is 0 Å². The third-order valence-electron chi connectivity index (χ3n) is 0.671. The van der Waals surface area contributed by atoms with Crippen LogP contribution in [-0.4, -0.2) is 26.3 Å². The van der Waals surface area contributed by atoms with Crippen molar-refractivity contribution in [2.45, 2.75) is 37.1 Å². The van der Waals surface area contributed by atoms with Gasteiger partial charge in [-0.3, -0.25) is 0 Å². The molecule has 3 nitrogen and oxygen atoms in total. The van der Waals surface area contributed by atoms with Gasteiger partial charge in [-0.25, -0.2) is 10.9 Å². The fourth-order valence-corrected chi connectivity index (χ4v) is 0.112. The van der Waals surface area contributed by atoms with Gasteiger partial charge in [0.2, 0.25) is 0 Å². The normalized spacial score (nSPS) is 5.45. The average Bonchev–Trinajstić information content (AvgIpc) is 1.65. The van der Waals surface area contributed by atoms with E-state index in [9.17, 15) is 0 Å². The maximum Gasteiger partial charge on any atom is 0.0174 e. The molecule has 0 bridgehead atoms. The Morgan fingerprint density at radius 1 is 0.818 bits per heavy atom. The molecule has 0 aliphatic rings. The summed E-state index contributed by atoms with van der Waals surface area (Å²) in [7, 11) is 5.58. The lowest BCUT2D eigenvalue weighted by molar-refractivity contribution is 0.192. The van der Waals surface area contributed by atoms with Gasteiger partial charge in [-0.2, -0.15) is 5.12 Å². The van der Waals surface area contributed by atoms with Crippen molar-refractivity contribution in [3.8, 4) is 0 Å². The standard InChI is InChI=1S/C3H11N3.5CH4.3H2/c1-4-6(3)5-2;;;;;;;;/h4-5H,1-3H3;5*1H4;3*1H/i;;;;;;3*1+1. The molecule has 0 aliphatic heterocycles. The second kappa shape index (κ2) is 32.7. The molecule has 0 atom stereocenters. The van der Waals surface area contributed by atoms with Crippen LogP contribution in [0.5, 0.6) is 0 Å². The third-order valence-corrected chi connectivity index (χ3v) is 0.671. The van der Waals surface area contributed by atoms with Crippen LogP contribution in [0.3, 0.4) is 0 Å². The van der Waals surface area contributed by atoms with Crippen molar-refractivity contribution in [2.24, 2.45) is 0 Å². The summed E-state index contributed by atoms with van der Waals surface area (Å²) in [4.78, 5) is 0. The first-order valence-corrected chi connectivity index (χ1v) is 1.89. The Balaban J connectivity index is -0.00000000446. The smallest absolute Gasteiger partial charge is 0.0174 e. The summed E-state index contributed by atoms with van der Waals surface area (Å²) in [6.07, 6.45) is 0. The van der Waals surface area contributed by atoms with Crippen LogP contribution < -0.4 is 10.9 Å². The molecule has 0 aromatic heterocycles. The molecule has 0 spiro atoms. The summed E-state index contributed by atoms with van der Waals surface area (Å²) < 4.78 is 0. The second-order valence-corrected chi connectivity index (χ2v) is 1.01. The largest absolute Gasteiger partial charge is 0.245 e. The van der Waals surface area contributed by atoms with E-state index in [2.05, 4.69) is 10.9 Å². The van der Waals surface area contributed by atoms with Crippen LogP contribution in [0, 0.1) is 0 Å². The highest BCUT2D eigenvalue weighted by Crippen LogP contribution is 1.50. The van der Waals surface area contributed by atoms with E-state index in [4.69, 9.17) is 0 Å². The molecule has 0 radical (unpaired) electrons. The minimum atomic E-state index is 0. The number of rotatable bonds is 2. The van der Waals surface area contributed by atoms with Crippen molar-refractivity contribution in [1.29, 1.82) is 0 Å². The number of hydrazine groups is 2. The van der Waals surface area contributed by atoms with Crippen molar-refractivity contribution in [3.05, 3.63) is 0 Å². The molecule has 0 aliphatic carbocycles. The fourth-order valence-electron chi connectivity index (χ4n) is 0.112. The molecule has 0 rings (SSSR count). The summed E-state index contributed by atoms with van der Waals surface area (Å²) >= 11 is 0. The molecule has 2 N–H and O–H groups in total. The number of nitrogens with zero attached hydrogens (tertiary/aromatic N) is 1. The van der Waals surface area contributed by atoms with E-state index < -0.39 is 0 Å². The van der Waals surface area contributed by atoms with Gasteiger partial charge in [0.05, 0.1) is 0 Å². The third kappa shape index (κ3) is 40.8. The summed E-state index contributed by atoms with van der Waals surface area (Å²) in [5, 5.41) is 1.75. The van der Waals surface area contributed by atoms with Gasteiger partial charge in [0.15, 0.2) is 0 Å². The first kappa shape index (κ1) is 44.6. The Morgan fingerprint density at radius 2 is 1.00 bits per heavy atom. The molecule has 0 aromatic carbocycles. The Bertz CT molecular complexity index is 39.0. The summed E-state index contributed by atoms with van der Waals surface area (Å²) in [5.74, 6) is 0. The molecule has 0 fully saturated rings. The van der Waals surface area contributed by atoms with Crippen LogP contribution in [0.2, 0.25) is 0 Å². The lowest BCUT2D eigenvalue weighted by Gasteiger charge is -2.10. The quantitative estimate of drug-likeness (QED) is 0.636. The highest BCUT2D eigenvalue weighted by molar-refractivity contribution is 4.15. The number of hydrogen-bond acceptors (Lipinski definition) is 3. The Kier molecular flexibility index (Phi) is 133. The first-order valence-electron chi connectivity index (χ1n) is 1.89. The topological polar surface area (TPSA) is 27.3 Å². The molecule has 0 unspecified atom stereocenters. The van der Waals surface area contributed by atoms with Gasteiger partial charge >= 0.3 is 0 Å². The molecule has 0 heterocycles. The van der Waals surface area contributed by atoms with Gasteiger partial charge in [-0.1, -0.05) is 37.1 Å². The van der Waals surface area contributed by atoms with Crippen molar-refractivity contribution in [3.63, 3.8) is 0 Å². The molecule has 11 heavy (non-hydrogen) atoms. The van der Waals surface area contributed by atoms with E-state index in [1.54, 1.807) is 5.12 Å². The highest BCUT2D eigenvalue weighted by atomic mass is 15.7. The first-order chi connectivity index (χ1) is 2.81. The summed E-state index contributed by atoms with van der Waals surface area (Å²) in [6, 6.07) is 0. The van der Waals surface area contributed by atoms with Crippen molar-refractivity contribution < 1.29 is 4.28 Å². The molecular formula is C8H37N3. The Labute approximate surface area is 79.6 Å². The average molecular weight is 178 g/mol. The van der Waals surface area contributed by atoms with Gasteiger partial charge in [-0.05, 0) is 0 Å². The fraction of sp³-hybridized carbons (Fsp3) is 1.00. The SMILES string of the molecule is C.C.C.C.C.CNN(C)NC.[2HH].[2HH].[2HH]. The molecule has 0 aromatic rings. The minimum absolute atomic E-state index is 0. The van der Waals surface area contributed by atoms with E-state index in [-0.39, 0.29) is 41.4 Å². The number of nitrogens with one attached hydrogen (secondary N) is 2. The van der Waals surface area contributed by atoms with Crippen LogP contribution in [0.25, 0.3) is 0 Å². The van der Waals surface area contributed by atoms with Crippen LogP contribution in [0.4, 0.5) is 0 Å². The van der Waals surface area contributed by atoms with Crippen molar-refractivity contribution in [2.75, 3.05) is 21.1 Å². The monoisotopic (exact) mass is 178 g/mol. The summed E-state index contributed by atoms with van der Waals surface area (Å²) in [6.45, 7) is 0. The Hall–Kier alpha value is -0.120. The van der Waals surface area contributed by atoms with Crippen LogP contribution in [-0.2, 0) is 0 Å². The molecule has 84 valence electrons. The predicted octanol–water partition coefficient (Wildman–Crippen LogP) is 3.11. The second-order valence-electron chi connectivity index (χ2n) is 1.01. The van der Waals surface area contributed by atoms with Gasteiger partial charge in [0.25, 0.3) is 0 Å². The molecule has 3 heteroatoms. The van der Waals surface area contributed by atoms with E-state index in [0.29, 0.717) is 0 Å². The predicted molar refractivity (Wildman–Crippen MR) is 65.9 cm³/mol. The Morgan fingerprint density at radius 3 is 1.00 bits per heavy atom. The minimum Gasteiger partial charge on any atom is -0.245 e. The molecule has 0 saturated carbocycles. The van der Waals surface area contributed by atoms with Crippen LogP contribution in [0.1, 0.15) is 41.4 Å². The molecule has 0 amide bonds. The zero-order valence-corrected chi connectivity index (χ0v) is 4.45. The maximum absolute atomic E-state index is 2.84. The highest BCUT2D eigenvalue weighted by Gasteiger charge is 1.77. The zero-order chi connectivity index (χ0) is 4.99. The van der Waals surface area contributed by atoms with Gasteiger partial charge in [0.1, 0.15) is 0 Å². The van der Waals surface area contributed by atoms with E-state index in [1.807, 2.05) is 21.1 Å². The maximum atomic E-state index is 2.84.